The number of hydrogen-bond acceptors (Lipinski definition) is 3. The van der Waals surface area contributed by atoms with Gasteiger partial charge in [-0.15, -0.1) is 0 Å². The van der Waals surface area contributed by atoms with Crippen molar-refractivity contribution in [3.63, 3.8) is 0 Å². The number of hydrogen-bond donors (Lipinski definition) is 2. The molecule has 3 N–H and O–H groups in total. The largest absolute Gasteiger partial charge is 0.481 e. The van der Waals surface area contributed by atoms with Crippen LogP contribution in [0.1, 0.15) is 36.4 Å². The van der Waals surface area contributed by atoms with E-state index in [1.54, 1.807) is 11.9 Å². The van der Waals surface area contributed by atoms with Crippen LogP contribution in [0.4, 0.5) is 5.69 Å². The average molecular weight is 262 g/mol. The molecule has 0 bridgehead atoms. The van der Waals surface area contributed by atoms with E-state index >= 15 is 0 Å². The fourth-order valence-corrected chi connectivity index (χ4v) is 2.35. The lowest BCUT2D eigenvalue weighted by Crippen LogP contribution is -2.31. The number of rotatable bonds is 4. The highest BCUT2D eigenvalue weighted by Crippen LogP contribution is 2.29. The van der Waals surface area contributed by atoms with Gasteiger partial charge in [0, 0.05) is 31.6 Å². The molecule has 2 rings (SSSR count). The second kappa shape index (κ2) is 5.40. The highest BCUT2D eigenvalue weighted by atomic mass is 16.4. The van der Waals surface area contributed by atoms with Crippen molar-refractivity contribution in [1.29, 1.82) is 0 Å². The first-order valence-corrected chi connectivity index (χ1v) is 6.36. The molecule has 0 fully saturated rings. The normalized spacial score (nSPS) is 16.1. The number of carbonyl (C=O) groups excluding carboxylic acids is 1. The van der Waals surface area contributed by atoms with Gasteiger partial charge in [0.2, 0.25) is 5.91 Å². The van der Waals surface area contributed by atoms with Crippen molar-refractivity contribution in [3.8, 4) is 0 Å². The smallest absolute Gasteiger partial charge is 0.303 e. The highest BCUT2D eigenvalue weighted by molar-refractivity contribution is 5.95. The maximum absolute atomic E-state index is 11.6. The summed E-state index contributed by atoms with van der Waals surface area (Å²) in [6.07, 6.45) is 1.72. The predicted molar refractivity (Wildman–Crippen MR) is 72.0 cm³/mol. The summed E-state index contributed by atoms with van der Waals surface area (Å²) in [5.41, 5.74) is 8.95. The van der Waals surface area contributed by atoms with Gasteiger partial charge in [0.25, 0.3) is 0 Å². The number of carboxylic acids is 1. The first-order valence-electron chi connectivity index (χ1n) is 6.36. The van der Waals surface area contributed by atoms with E-state index in [-0.39, 0.29) is 18.4 Å². The monoisotopic (exact) mass is 262 g/mol. The Morgan fingerprint density at radius 3 is 2.89 bits per heavy atom. The molecule has 102 valence electrons. The molecule has 1 unspecified atom stereocenters. The second-order valence-electron chi connectivity index (χ2n) is 4.88. The molecule has 1 aromatic rings. The Bertz CT molecular complexity index is 513. The minimum Gasteiger partial charge on any atom is -0.481 e. The second-order valence-corrected chi connectivity index (χ2v) is 4.88. The van der Waals surface area contributed by atoms with Crippen molar-refractivity contribution < 1.29 is 14.7 Å². The molecule has 0 saturated carbocycles. The van der Waals surface area contributed by atoms with Gasteiger partial charge in [-0.2, -0.15) is 0 Å². The van der Waals surface area contributed by atoms with Crippen LogP contribution >= 0.6 is 0 Å². The van der Waals surface area contributed by atoms with Gasteiger partial charge in [-0.1, -0.05) is 12.1 Å². The van der Waals surface area contributed by atoms with Crippen LogP contribution in [0.3, 0.4) is 0 Å². The molecule has 0 saturated heterocycles. The van der Waals surface area contributed by atoms with E-state index in [1.807, 2.05) is 18.2 Å². The third-order valence-corrected chi connectivity index (χ3v) is 3.54. The molecule has 19 heavy (non-hydrogen) atoms. The Kier molecular flexibility index (Phi) is 3.85. The molecular formula is C14H18N2O3. The molecule has 1 aromatic carbocycles. The third-order valence-electron chi connectivity index (χ3n) is 3.54. The van der Waals surface area contributed by atoms with E-state index in [9.17, 15) is 9.59 Å². The van der Waals surface area contributed by atoms with Gasteiger partial charge >= 0.3 is 5.97 Å². The zero-order chi connectivity index (χ0) is 14.0. The number of carboxylic acid groups (broad SMARTS) is 1. The number of nitrogens with two attached hydrogens (primary N) is 1. The number of amides is 1. The van der Waals surface area contributed by atoms with Gasteiger partial charge < -0.3 is 15.7 Å². The third kappa shape index (κ3) is 2.93. The van der Waals surface area contributed by atoms with Crippen LogP contribution in [0.25, 0.3) is 0 Å². The molecule has 5 nitrogen and oxygen atoms in total. The Hall–Kier alpha value is -1.88. The van der Waals surface area contributed by atoms with E-state index in [4.69, 9.17) is 10.8 Å². The molecular weight excluding hydrogens is 244 g/mol. The minimum atomic E-state index is -0.834. The standard InChI is InChI=1S/C14H18N2O3/c1-16-12-5-2-9(11(15)4-7-14(18)19)8-10(12)3-6-13(16)17/h2,5,8,11H,3-4,6-7,15H2,1H3,(H,18,19). The van der Waals surface area contributed by atoms with Crippen LogP contribution < -0.4 is 10.6 Å². The SMILES string of the molecule is CN1C(=O)CCc2cc(C(N)CCC(=O)O)ccc21. The van der Waals surface area contributed by atoms with E-state index in [1.165, 1.54) is 0 Å². The number of carbonyl (C=O) groups is 2. The van der Waals surface area contributed by atoms with Gasteiger partial charge in [0.05, 0.1) is 0 Å². The lowest BCUT2D eigenvalue weighted by molar-refractivity contribution is -0.137. The number of benzene rings is 1. The van der Waals surface area contributed by atoms with Crippen molar-refractivity contribution in [2.45, 2.75) is 31.7 Å². The zero-order valence-electron chi connectivity index (χ0n) is 10.9. The predicted octanol–water partition coefficient (Wildman–Crippen LogP) is 1.46. The molecule has 1 heterocycles. The summed E-state index contributed by atoms with van der Waals surface area (Å²) in [5, 5.41) is 8.67. The van der Waals surface area contributed by atoms with Crippen molar-refractivity contribution in [2.24, 2.45) is 5.73 Å². The molecule has 0 aromatic heterocycles. The molecule has 5 heteroatoms. The Labute approximate surface area is 112 Å². The van der Waals surface area contributed by atoms with Crippen molar-refractivity contribution in [1.82, 2.24) is 0 Å². The number of nitrogens with zero attached hydrogens (tertiary/aromatic N) is 1. The average Bonchev–Trinajstić information content (AvgIpc) is 2.40. The van der Waals surface area contributed by atoms with E-state index in [0.717, 1.165) is 23.2 Å². The Balaban J connectivity index is 2.17. The molecule has 0 radical (unpaired) electrons. The van der Waals surface area contributed by atoms with Crippen LogP contribution in [0, 0.1) is 0 Å². The summed E-state index contributed by atoms with van der Waals surface area (Å²) in [5.74, 6) is -0.714. The molecule has 0 spiro atoms. The van der Waals surface area contributed by atoms with Crippen LogP contribution in [0.5, 0.6) is 0 Å². The number of aliphatic carboxylic acids is 1. The van der Waals surface area contributed by atoms with Gasteiger partial charge in [-0.3, -0.25) is 9.59 Å². The summed E-state index contributed by atoms with van der Waals surface area (Å²) >= 11 is 0. The fourth-order valence-electron chi connectivity index (χ4n) is 2.35. The Morgan fingerprint density at radius 1 is 1.47 bits per heavy atom. The zero-order valence-corrected chi connectivity index (χ0v) is 10.9. The maximum atomic E-state index is 11.6. The summed E-state index contributed by atoms with van der Waals surface area (Å²) in [6, 6.07) is 5.48. The minimum absolute atomic E-state index is 0.0661. The van der Waals surface area contributed by atoms with Crippen LogP contribution in [0.2, 0.25) is 0 Å². The van der Waals surface area contributed by atoms with Gasteiger partial charge in [-0.05, 0) is 30.0 Å². The van der Waals surface area contributed by atoms with Crippen LogP contribution in [-0.4, -0.2) is 24.0 Å². The quantitative estimate of drug-likeness (QED) is 0.860. The maximum Gasteiger partial charge on any atom is 0.303 e. The number of anilines is 1. The summed E-state index contributed by atoms with van der Waals surface area (Å²) in [6.45, 7) is 0. The van der Waals surface area contributed by atoms with Crippen molar-refractivity contribution in [2.75, 3.05) is 11.9 Å². The van der Waals surface area contributed by atoms with Gasteiger partial charge in [0.1, 0.15) is 0 Å². The first kappa shape index (κ1) is 13.5. The molecule has 1 aliphatic heterocycles. The summed E-state index contributed by atoms with van der Waals surface area (Å²) < 4.78 is 0. The van der Waals surface area contributed by atoms with Crippen LogP contribution in [-0.2, 0) is 16.0 Å². The fraction of sp³-hybridized carbons (Fsp3) is 0.429. The van der Waals surface area contributed by atoms with E-state index in [0.29, 0.717) is 12.8 Å². The lowest BCUT2D eigenvalue weighted by Gasteiger charge is -2.26. The van der Waals surface area contributed by atoms with Crippen molar-refractivity contribution >= 4 is 17.6 Å². The van der Waals surface area contributed by atoms with E-state index < -0.39 is 5.97 Å². The summed E-state index contributed by atoms with van der Waals surface area (Å²) in [7, 11) is 1.77. The molecule has 1 atom stereocenters. The highest BCUT2D eigenvalue weighted by Gasteiger charge is 2.21. The summed E-state index contributed by atoms with van der Waals surface area (Å²) in [4.78, 5) is 23.8. The van der Waals surface area contributed by atoms with Gasteiger partial charge in [-0.25, -0.2) is 0 Å². The number of fused-ring (bicyclic) bond motifs is 1. The molecule has 0 aliphatic carbocycles. The van der Waals surface area contributed by atoms with Gasteiger partial charge in [0.15, 0.2) is 0 Å². The molecule has 1 amide bonds. The van der Waals surface area contributed by atoms with Crippen LogP contribution in [0.15, 0.2) is 18.2 Å². The first-order chi connectivity index (χ1) is 8.99. The Morgan fingerprint density at radius 2 is 2.21 bits per heavy atom. The van der Waals surface area contributed by atoms with Crippen molar-refractivity contribution in [3.05, 3.63) is 29.3 Å². The topological polar surface area (TPSA) is 83.6 Å². The molecule has 1 aliphatic rings. The lowest BCUT2D eigenvalue weighted by atomic mass is 9.95. The number of aryl methyl sites for hydroxylation is 1. The van der Waals surface area contributed by atoms with E-state index in [2.05, 4.69) is 0 Å².